The zero-order valence-electron chi connectivity index (χ0n) is 15.3. The Hall–Kier alpha value is -3.54. The van der Waals surface area contributed by atoms with Gasteiger partial charge in [-0.05, 0) is 22.5 Å². The summed E-state index contributed by atoms with van der Waals surface area (Å²) < 4.78 is 6.14. The highest BCUT2D eigenvalue weighted by Gasteiger charge is 2.14. The zero-order chi connectivity index (χ0) is 18.8. The van der Waals surface area contributed by atoms with Crippen LogP contribution in [0.4, 0.5) is 0 Å². The van der Waals surface area contributed by atoms with Crippen LogP contribution in [0, 0.1) is 11.5 Å². The van der Waals surface area contributed by atoms with E-state index in [0.717, 1.165) is 27.5 Å². The number of fused-ring (bicyclic) bond motifs is 3. The molecular formula is C26H18OSi. The third kappa shape index (κ3) is 3.03. The summed E-state index contributed by atoms with van der Waals surface area (Å²) in [5, 5.41) is 4.93. The van der Waals surface area contributed by atoms with Crippen molar-refractivity contribution < 1.29 is 4.42 Å². The smallest absolute Gasteiger partial charge is 0.184 e. The Morgan fingerprint density at radius 3 is 1.89 bits per heavy atom. The van der Waals surface area contributed by atoms with Gasteiger partial charge in [-0.25, -0.2) is 0 Å². The highest BCUT2D eigenvalue weighted by molar-refractivity contribution is 6.91. The predicted molar refractivity (Wildman–Crippen MR) is 120 cm³/mol. The highest BCUT2D eigenvalue weighted by atomic mass is 28.3. The molecule has 2 heteroatoms. The van der Waals surface area contributed by atoms with Gasteiger partial charge in [0.15, 0.2) is 14.4 Å². The van der Waals surface area contributed by atoms with E-state index in [-0.39, 0.29) is 0 Å². The summed E-state index contributed by atoms with van der Waals surface area (Å²) in [4.78, 5) is 0. The minimum atomic E-state index is -1.64. The quantitative estimate of drug-likeness (QED) is 0.327. The van der Waals surface area contributed by atoms with E-state index in [4.69, 9.17) is 4.42 Å². The Morgan fingerprint density at radius 2 is 1.18 bits per heavy atom. The molecule has 0 saturated heterocycles. The molecule has 0 amide bonds. The van der Waals surface area contributed by atoms with Crippen molar-refractivity contribution in [2.75, 3.05) is 0 Å². The maximum atomic E-state index is 6.14. The Labute approximate surface area is 165 Å². The third-order valence-corrected chi connectivity index (χ3v) is 7.56. The first-order valence-corrected chi connectivity index (χ1v) is 11.1. The van der Waals surface area contributed by atoms with Gasteiger partial charge in [-0.15, -0.1) is 5.54 Å². The fourth-order valence-corrected chi connectivity index (χ4v) is 5.88. The summed E-state index contributed by atoms with van der Waals surface area (Å²) in [5.41, 5.74) is 6.38. The molecule has 1 heterocycles. The van der Waals surface area contributed by atoms with Gasteiger partial charge in [0.1, 0.15) is 5.58 Å². The van der Waals surface area contributed by atoms with Crippen LogP contribution in [-0.4, -0.2) is 8.80 Å². The Bertz CT molecular complexity index is 1270. The van der Waals surface area contributed by atoms with Crippen molar-refractivity contribution in [1.82, 2.24) is 0 Å². The molecule has 1 aromatic heterocycles. The average Bonchev–Trinajstić information content (AvgIpc) is 3.15. The molecule has 0 radical (unpaired) electrons. The van der Waals surface area contributed by atoms with E-state index in [1.165, 1.54) is 10.4 Å². The van der Waals surface area contributed by atoms with Crippen LogP contribution in [0.2, 0.25) is 0 Å². The number of hydrogen-bond acceptors (Lipinski definition) is 1. The minimum absolute atomic E-state index is 0.880. The van der Waals surface area contributed by atoms with Crippen molar-refractivity contribution in [3.05, 3.63) is 109 Å². The largest absolute Gasteiger partial charge is 0.455 e. The van der Waals surface area contributed by atoms with Crippen LogP contribution in [0.3, 0.4) is 0 Å². The first kappa shape index (κ1) is 16.6. The van der Waals surface area contributed by atoms with Crippen molar-refractivity contribution in [1.29, 1.82) is 0 Å². The van der Waals surface area contributed by atoms with Gasteiger partial charge in [-0.2, -0.15) is 0 Å². The molecule has 0 aliphatic rings. The summed E-state index contributed by atoms with van der Waals surface area (Å²) in [6.07, 6.45) is 0. The third-order valence-electron chi connectivity index (χ3n) is 5.02. The van der Waals surface area contributed by atoms with E-state index in [1.807, 2.05) is 18.2 Å². The van der Waals surface area contributed by atoms with Gasteiger partial charge in [-0.1, -0.05) is 96.9 Å². The van der Waals surface area contributed by atoms with E-state index >= 15 is 0 Å². The van der Waals surface area contributed by atoms with Crippen molar-refractivity contribution in [3.8, 4) is 11.5 Å². The molecule has 0 atom stereocenters. The van der Waals surface area contributed by atoms with E-state index in [2.05, 4.69) is 96.4 Å². The van der Waals surface area contributed by atoms with Gasteiger partial charge in [0.2, 0.25) is 0 Å². The Kier molecular flexibility index (Phi) is 4.29. The average molecular weight is 375 g/mol. The second-order valence-electron chi connectivity index (χ2n) is 6.80. The van der Waals surface area contributed by atoms with Gasteiger partial charge in [0, 0.05) is 10.8 Å². The van der Waals surface area contributed by atoms with Crippen LogP contribution in [-0.2, 0) is 0 Å². The summed E-state index contributed by atoms with van der Waals surface area (Å²) in [5.74, 6) is 3.46. The van der Waals surface area contributed by atoms with Crippen LogP contribution < -0.4 is 10.4 Å². The van der Waals surface area contributed by atoms with Gasteiger partial charge in [0.05, 0.1) is 5.56 Å². The predicted octanol–water partition coefficient (Wildman–Crippen LogP) is 4.52. The molecular weight excluding hydrogens is 356 g/mol. The molecule has 5 rings (SSSR count). The van der Waals surface area contributed by atoms with E-state index < -0.39 is 8.80 Å². The Balaban J connectivity index is 1.65. The first-order valence-electron chi connectivity index (χ1n) is 9.42. The fraction of sp³-hybridized carbons (Fsp3) is 0. The highest BCUT2D eigenvalue weighted by Crippen LogP contribution is 2.30. The standard InChI is InChI=1S/C26H18OSi/c1-3-11-21(12-4-1)28(22-13-5-2-6-14-22)19-18-20-10-9-16-24-23-15-7-8-17-25(23)27-26(20)24/h1-17,28H. The van der Waals surface area contributed by atoms with E-state index in [0.29, 0.717) is 0 Å². The molecule has 0 spiro atoms. The van der Waals surface area contributed by atoms with E-state index in [9.17, 15) is 0 Å². The summed E-state index contributed by atoms with van der Waals surface area (Å²) in [6, 6.07) is 35.7. The molecule has 0 N–H and O–H groups in total. The normalized spacial score (nSPS) is 10.9. The SMILES string of the molecule is C(#C[SiH](c1ccccc1)c1ccccc1)c1cccc2c1oc1ccccc12. The lowest BCUT2D eigenvalue weighted by Crippen LogP contribution is -2.41. The number of rotatable bonds is 2. The Morgan fingerprint density at radius 1 is 0.571 bits per heavy atom. The summed E-state index contributed by atoms with van der Waals surface area (Å²) >= 11 is 0. The molecule has 0 unspecified atom stereocenters. The molecule has 132 valence electrons. The van der Waals surface area contributed by atoms with Crippen LogP contribution in [0.25, 0.3) is 21.9 Å². The van der Waals surface area contributed by atoms with Crippen molar-refractivity contribution in [2.45, 2.75) is 0 Å². The second-order valence-corrected chi connectivity index (χ2v) is 9.29. The molecule has 5 aromatic rings. The lowest BCUT2D eigenvalue weighted by molar-refractivity contribution is 0.668. The van der Waals surface area contributed by atoms with Crippen molar-refractivity contribution in [2.24, 2.45) is 0 Å². The molecule has 4 aromatic carbocycles. The van der Waals surface area contributed by atoms with E-state index in [1.54, 1.807) is 0 Å². The maximum Gasteiger partial charge on any atom is 0.184 e. The zero-order valence-corrected chi connectivity index (χ0v) is 16.5. The second kappa shape index (κ2) is 7.23. The van der Waals surface area contributed by atoms with Gasteiger partial charge in [-0.3, -0.25) is 0 Å². The first-order chi connectivity index (χ1) is 13.9. The van der Waals surface area contributed by atoms with Gasteiger partial charge in [0.25, 0.3) is 0 Å². The van der Waals surface area contributed by atoms with Gasteiger partial charge >= 0.3 is 0 Å². The fourth-order valence-electron chi connectivity index (χ4n) is 3.65. The van der Waals surface area contributed by atoms with Crippen LogP contribution >= 0.6 is 0 Å². The van der Waals surface area contributed by atoms with Crippen LogP contribution in [0.5, 0.6) is 0 Å². The molecule has 0 bridgehead atoms. The monoisotopic (exact) mass is 374 g/mol. The number of hydrogen-bond donors (Lipinski definition) is 0. The minimum Gasteiger partial charge on any atom is -0.455 e. The number of furan rings is 1. The molecule has 1 nitrogen and oxygen atoms in total. The van der Waals surface area contributed by atoms with Gasteiger partial charge < -0.3 is 4.42 Å². The maximum absolute atomic E-state index is 6.14. The van der Waals surface area contributed by atoms with Crippen molar-refractivity contribution >= 4 is 41.1 Å². The summed E-state index contributed by atoms with van der Waals surface area (Å²) in [6.45, 7) is 0. The van der Waals surface area contributed by atoms with Crippen molar-refractivity contribution in [3.63, 3.8) is 0 Å². The molecule has 0 saturated carbocycles. The molecule has 28 heavy (non-hydrogen) atoms. The lowest BCUT2D eigenvalue weighted by atomic mass is 10.1. The lowest BCUT2D eigenvalue weighted by Gasteiger charge is -2.09. The number of benzene rings is 4. The van der Waals surface area contributed by atoms with Crippen LogP contribution in [0.1, 0.15) is 5.56 Å². The topological polar surface area (TPSA) is 13.1 Å². The van der Waals surface area contributed by atoms with Crippen LogP contribution in [0.15, 0.2) is 108 Å². The molecule has 0 aliphatic carbocycles. The number of para-hydroxylation sites is 2. The molecule has 0 fully saturated rings. The molecule has 0 aliphatic heterocycles. The summed E-state index contributed by atoms with van der Waals surface area (Å²) in [7, 11) is -1.64.